The second-order valence-corrected chi connectivity index (χ2v) is 18.8. The summed E-state index contributed by atoms with van der Waals surface area (Å²) in [5.74, 6) is -1.30. The number of imidazole rings is 1. The van der Waals surface area contributed by atoms with Gasteiger partial charge in [-0.1, -0.05) is 43.8 Å². The number of carbonyl (C=O) groups is 3. The monoisotopic (exact) mass is 923 g/mol. The molecule has 1 aliphatic heterocycles. The molecule has 0 radical (unpaired) electrons. The van der Waals surface area contributed by atoms with Crippen LogP contribution in [0, 0.1) is 5.41 Å². The van der Waals surface area contributed by atoms with E-state index in [4.69, 9.17) is 10.5 Å². The molecule has 1 fully saturated rings. The second kappa shape index (κ2) is 20.0. The lowest BCUT2D eigenvalue weighted by Gasteiger charge is -2.36. The summed E-state index contributed by atoms with van der Waals surface area (Å²) in [4.78, 5) is 96.7. The van der Waals surface area contributed by atoms with Crippen LogP contribution in [0.4, 0.5) is 5.82 Å². The zero-order chi connectivity index (χ0) is 44.7. The van der Waals surface area contributed by atoms with Gasteiger partial charge in [0.15, 0.2) is 17.2 Å². The number of phenolic OH excluding ortho intramolecular Hbond substituents is 1. The van der Waals surface area contributed by atoms with Gasteiger partial charge in [0.2, 0.25) is 16.9 Å². The first-order valence-electron chi connectivity index (χ1n) is 17.3. The van der Waals surface area contributed by atoms with Crippen molar-refractivity contribution in [2.45, 2.75) is 57.3 Å². The van der Waals surface area contributed by atoms with Gasteiger partial charge < -0.3 is 74.1 Å². The van der Waals surface area contributed by atoms with Crippen molar-refractivity contribution >= 4 is 75.2 Å². The molecular formula is C31H40N7O18P3S-4. The van der Waals surface area contributed by atoms with E-state index in [1.807, 2.05) is 0 Å². The molecule has 2 aromatic heterocycles. The average Bonchev–Trinajstić information content (AvgIpc) is 3.70. The summed E-state index contributed by atoms with van der Waals surface area (Å²) in [6.45, 7) is 1.10. The second-order valence-electron chi connectivity index (χ2n) is 13.6. The molecule has 3 aromatic rings. The number of aliphatic hydroxyl groups excluding tert-OH is 2. The van der Waals surface area contributed by atoms with Crippen molar-refractivity contribution in [3.63, 3.8) is 0 Å². The van der Waals surface area contributed by atoms with Gasteiger partial charge in [-0.25, -0.2) is 19.3 Å². The molecule has 0 aliphatic carbocycles. The maximum absolute atomic E-state index is 12.6. The first-order chi connectivity index (χ1) is 27.8. The quantitative estimate of drug-likeness (QED) is 0.0373. The van der Waals surface area contributed by atoms with Gasteiger partial charge >= 0.3 is 0 Å². The number of hydrogen-bond acceptors (Lipinski definition) is 23. The number of thioether (sulfide) groups is 1. The lowest BCUT2D eigenvalue weighted by Crippen LogP contribution is -2.46. The van der Waals surface area contributed by atoms with Crippen LogP contribution < -0.4 is 35.9 Å². The van der Waals surface area contributed by atoms with E-state index in [0.717, 1.165) is 29.0 Å². The number of amides is 2. The van der Waals surface area contributed by atoms with Crippen LogP contribution >= 0.6 is 35.2 Å². The van der Waals surface area contributed by atoms with E-state index in [-0.39, 0.29) is 53.1 Å². The molecule has 29 heteroatoms. The number of fused-ring (bicyclic) bond motifs is 1. The molecule has 332 valence electrons. The van der Waals surface area contributed by atoms with Crippen molar-refractivity contribution in [3.05, 3.63) is 48.6 Å². The number of nitrogens with zero attached hydrogens (tertiary/aromatic N) is 4. The maximum atomic E-state index is 12.6. The maximum Gasteiger partial charge on any atom is 0.274 e. The van der Waals surface area contributed by atoms with Gasteiger partial charge in [0.1, 0.15) is 42.0 Å². The molecular weight excluding hydrogens is 883 g/mol. The predicted molar refractivity (Wildman–Crippen MR) is 200 cm³/mol. The Labute approximate surface area is 345 Å². The Hall–Kier alpha value is -3.68. The standard InChI is InChI=1S/C31H44N7O18P3S/c1-30(2,26(43)29(44)34-11-10-21(40)33-12-13-60-22(41)9-6-18-4-7-19(39)8-5-18)15-53-59(50,51)56-58(48,49)52-14-20-24(55-57(45,46)47)25(42)31(3,54-20)38-17-37-23-27(32)35-16-36-28(23)38/h4-9,16-17,20,24-26,39,42-43H,10-15H2,1-3H3,(H,33,40)(H,34,44)(H,48,49)(H,50,51)(H2,32,35,36)(H2,45,46,47)/p-4/b9-6+. The Bertz CT molecular complexity index is 2190. The van der Waals surface area contributed by atoms with Gasteiger partial charge in [-0.3, -0.25) is 28.1 Å². The molecule has 1 aromatic carbocycles. The first-order valence-corrected chi connectivity index (χ1v) is 22.7. The average molecular weight is 924 g/mol. The van der Waals surface area contributed by atoms with E-state index < -0.39 is 84.1 Å². The number of phosphoric ester groups is 3. The third-order valence-electron chi connectivity index (χ3n) is 8.51. The van der Waals surface area contributed by atoms with Crippen LogP contribution in [0.25, 0.3) is 17.2 Å². The van der Waals surface area contributed by atoms with Crippen LogP contribution in [0.3, 0.4) is 0 Å². The number of nitrogens with one attached hydrogen (secondary N) is 2. The van der Waals surface area contributed by atoms with E-state index in [0.29, 0.717) is 5.56 Å². The summed E-state index contributed by atoms with van der Waals surface area (Å²) in [7, 11) is -17.7. The Morgan fingerprint density at radius 2 is 1.73 bits per heavy atom. The van der Waals surface area contributed by atoms with Crippen LogP contribution in [0.15, 0.2) is 43.0 Å². The highest BCUT2D eigenvalue weighted by Crippen LogP contribution is 2.56. The van der Waals surface area contributed by atoms with Crippen LogP contribution in [-0.2, 0) is 56.4 Å². The highest BCUT2D eigenvalue weighted by atomic mass is 32.2. The van der Waals surface area contributed by atoms with Crippen LogP contribution in [0.2, 0.25) is 0 Å². The van der Waals surface area contributed by atoms with Gasteiger partial charge in [0, 0.05) is 30.7 Å². The molecule has 60 heavy (non-hydrogen) atoms. The minimum atomic E-state index is -5.95. The zero-order valence-electron chi connectivity index (χ0n) is 31.8. The first kappa shape index (κ1) is 49.0. The minimum absolute atomic E-state index is 0.0291. The number of aromatic hydroxyl groups is 1. The molecule has 25 nitrogen and oxygen atoms in total. The number of benzene rings is 1. The van der Waals surface area contributed by atoms with E-state index in [9.17, 15) is 63.0 Å². The fourth-order valence-electron chi connectivity index (χ4n) is 5.37. The minimum Gasteiger partial charge on any atom is -0.790 e. The van der Waals surface area contributed by atoms with Crippen molar-refractivity contribution in [1.82, 2.24) is 30.2 Å². The number of phenols is 1. The number of carbonyl (C=O) groups excluding carboxylic acids is 3. The predicted octanol–water partition coefficient (Wildman–Crippen LogP) is -2.27. The van der Waals surface area contributed by atoms with E-state index in [1.54, 1.807) is 18.2 Å². The number of rotatable bonds is 21. The number of phosphoric acid groups is 3. The summed E-state index contributed by atoms with van der Waals surface area (Å²) in [6, 6.07) is 6.19. The van der Waals surface area contributed by atoms with Crippen molar-refractivity contribution < 1.29 is 85.6 Å². The molecule has 7 unspecified atom stereocenters. The topological polar surface area (TPSA) is 395 Å². The lowest BCUT2D eigenvalue weighted by atomic mass is 9.87. The molecule has 7 N–H and O–H groups in total. The van der Waals surface area contributed by atoms with Crippen molar-refractivity contribution in [3.8, 4) is 5.75 Å². The molecule has 2 amide bonds. The Morgan fingerprint density at radius 3 is 2.40 bits per heavy atom. The molecule has 7 atom stereocenters. The van der Waals surface area contributed by atoms with Crippen molar-refractivity contribution in [2.24, 2.45) is 5.41 Å². The largest absolute Gasteiger partial charge is 0.790 e. The molecule has 3 heterocycles. The molecule has 0 saturated carbocycles. The van der Waals surface area contributed by atoms with E-state index >= 15 is 0 Å². The smallest absolute Gasteiger partial charge is 0.274 e. The van der Waals surface area contributed by atoms with Crippen LogP contribution in [-0.4, -0.2) is 108 Å². The SMILES string of the molecule is CC(C)(COP(=O)([O-])OP(=O)([O-])OCC1OC(C)(n2cnc3c(N)ncnc32)C(O)C1OP(=O)([O-])[O-])C(O)C(=O)NCCC(=O)NCCSC(=O)/C=C/c1ccc(O)cc1. The van der Waals surface area contributed by atoms with Gasteiger partial charge in [0.25, 0.3) is 15.6 Å². The fraction of sp³-hybridized carbons (Fsp3) is 0.484. The number of nitrogens with two attached hydrogens (primary N) is 1. The zero-order valence-corrected chi connectivity index (χ0v) is 35.3. The summed E-state index contributed by atoms with van der Waals surface area (Å²) in [6.07, 6.45) is -3.27. The lowest BCUT2D eigenvalue weighted by molar-refractivity contribution is -0.347. The Kier molecular flexibility index (Phi) is 16.3. The molecule has 0 bridgehead atoms. The molecule has 1 saturated heterocycles. The van der Waals surface area contributed by atoms with Gasteiger partial charge in [0.05, 0.1) is 27.4 Å². The van der Waals surface area contributed by atoms with Crippen LogP contribution in [0.5, 0.6) is 5.75 Å². The number of aliphatic hydroxyl groups is 2. The number of ether oxygens (including phenoxy) is 1. The number of nitrogen functional groups attached to an aromatic ring is 1. The highest BCUT2D eigenvalue weighted by molar-refractivity contribution is 8.14. The third-order valence-corrected chi connectivity index (χ3v) is 12.4. The molecule has 4 rings (SSSR count). The van der Waals surface area contributed by atoms with Gasteiger partial charge in [-0.15, -0.1) is 0 Å². The summed E-state index contributed by atoms with van der Waals surface area (Å²) >= 11 is 0.945. The fourth-order valence-corrected chi connectivity index (χ4v) is 8.67. The number of aromatic nitrogens is 4. The normalized spacial score (nSPS) is 22.3. The summed E-state index contributed by atoms with van der Waals surface area (Å²) in [5, 5.41) is 35.5. The Morgan fingerprint density at radius 1 is 1.07 bits per heavy atom. The number of hydrogen-bond donors (Lipinski definition) is 6. The number of anilines is 1. The summed E-state index contributed by atoms with van der Waals surface area (Å²) in [5.41, 5.74) is 2.68. The van der Waals surface area contributed by atoms with E-state index in [1.165, 1.54) is 39.0 Å². The van der Waals surface area contributed by atoms with Gasteiger partial charge in [-0.2, -0.15) is 0 Å². The third kappa shape index (κ3) is 13.7. The van der Waals surface area contributed by atoms with Crippen LogP contribution in [0.1, 0.15) is 32.8 Å². The van der Waals surface area contributed by atoms with E-state index in [2.05, 4.69) is 43.5 Å². The summed E-state index contributed by atoms with van der Waals surface area (Å²) < 4.78 is 61.1. The van der Waals surface area contributed by atoms with Crippen molar-refractivity contribution in [2.75, 3.05) is 37.8 Å². The molecule has 0 spiro atoms. The molecule has 1 aliphatic rings. The Balaban J connectivity index is 1.22. The highest BCUT2D eigenvalue weighted by Gasteiger charge is 2.55. The van der Waals surface area contributed by atoms with Gasteiger partial charge in [-0.05, 0) is 30.7 Å². The van der Waals surface area contributed by atoms with Crippen molar-refractivity contribution in [1.29, 1.82) is 0 Å².